The van der Waals surface area contributed by atoms with Crippen LogP contribution >= 0.6 is 0 Å². The fourth-order valence-electron chi connectivity index (χ4n) is 1.35. The Labute approximate surface area is 84.1 Å². The molecule has 0 fully saturated rings. The first kappa shape index (κ1) is 10.9. The number of carbonyl (C=O) groups is 1. The highest BCUT2D eigenvalue weighted by molar-refractivity contribution is 5.79. The van der Waals surface area contributed by atoms with Crippen molar-refractivity contribution in [3.63, 3.8) is 0 Å². The van der Waals surface area contributed by atoms with Gasteiger partial charge in [-0.25, -0.2) is 4.98 Å². The third-order valence-corrected chi connectivity index (χ3v) is 2.10. The molecule has 0 aliphatic heterocycles. The molecule has 1 atom stereocenters. The Morgan fingerprint density at radius 3 is 2.93 bits per heavy atom. The first-order chi connectivity index (χ1) is 6.59. The Morgan fingerprint density at radius 1 is 1.71 bits per heavy atom. The van der Waals surface area contributed by atoms with Gasteiger partial charge in [0.25, 0.3) is 0 Å². The Bertz CT molecular complexity index is 304. The molecule has 0 aliphatic rings. The topological polar surface area (TPSA) is 60.9 Å². The fourth-order valence-corrected chi connectivity index (χ4v) is 1.35. The molecule has 0 radical (unpaired) electrons. The molecule has 2 N–H and O–H groups in total. The lowest BCUT2D eigenvalue weighted by molar-refractivity contribution is -0.119. The van der Waals surface area contributed by atoms with E-state index in [0.29, 0.717) is 19.3 Å². The number of aromatic nitrogens is 2. The van der Waals surface area contributed by atoms with Crippen molar-refractivity contribution in [1.29, 1.82) is 0 Å². The molecule has 0 spiro atoms. The Kier molecular flexibility index (Phi) is 3.83. The van der Waals surface area contributed by atoms with Crippen molar-refractivity contribution in [2.24, 2.45) is 12.8 Å². The minimum Gasteiger partial charge on any atom is -0.338 e. The molecule has 0 bridgehead atoms. The first-order valence-electron chi connectivity index (χ1n) is 4.83. The number of Topliss-reactive ketones (excluding diaryl/α,β-unsaturated/α-hetero) is 1. The van der Waals surface area contributed by atoms with E-state index in [-0.39, 0.29) is 11.8 Å². The molecule has 14 heavy (non-hydrogen) atoms. The molecule has 4 nitrogen and oxygen atoms in total. The molecule has 0 amide bonds. The average molecular weight is 195 g/mol. The van der Waals surface area contributed by atoms with Crippen LogP contribution in [0.25, 0.3) is 0 Å². The number of ketones is 1. The summed E-state index contributed by atoms with van der Waals surface area (Å²) in [6.07, 6.45) is 5.32. The lowest BCUT2D eigenvalue weighted by atomic mass is 10.1. The van der Waals surface area contributed by atoms with E-state index in [0.717, 1.165) is 5.82 Å². The lowest BCUT2D eigenvalue weighted by Crippen LogP contribution is -2.20. The van der Waals surface area contributed by atoms with Crippen molar-refractivity contribution >= 4 is 5.78 Å². The van der Waals surface area contributed by atoms with Gasteiger partial charge in [0.05, 0.1) is 0 Å². The summed E-state index contributed by atoms with van der Waals surface area (Å²) in [6, 6.07) is -0.0381. The second kappa shape index (κ2) is 4.91. The molecular formula is C10H17N3O. The van der Waals surface area contributed by atoms with Gasteiger partial charge in [0, 0.05) is 44.7 Å². The zero-order valence-corrected chi connectivity index (χ0v) is 8.73. The number of hydrogen-bond acceptors (Lipinski definition) is 3. The monoisotopic (exact) mass is 195 g/mol. The van der Waals surface area contributed by atoms with E-state index < -0.39 is 0 Å². The molecule has 1 unspecified atom stereocenters. The van der Waals surface area contributed by atoms with Gasteiger partial charge in [-0.2, -0.15) is 0 Å². The van der Waals surface area contributed by atoms with Crippen LogP contribution in [0.3, 0.4) is 0 Å². The third-order valence-electron chi connectivity index (χ3n) is 2.10. The number of imidazole rings is 1. The molecule has 0 aliphatic carbocycles. The number of rotatable bonds is 5. The summed E-state index contributed by atoms with van der Waals surface area (Å²) in [6.45, 7) is 1.85. The van der Waals surface area contributed by atoms with Gasteiger partial charge in [-0.3, -0.25) is 4.79 Å². The maximum Gasteiger partial charge on any atom is 0.134 e. The molecule has 1 aromatic heterocycles. The van der Waals surface area contributed by atoms with Crippen LogP contribution in [0, 0.1) is 0 Å². The molecule has 0 saturated heterocycles. The van der Waals surface area contributed by atoms with Gasteiger partial charge in [-0.1, -0.05) is 0 Å². The molecule has 1 heterocycles. The molecule has 0 aromatic carbocycles. The lowest BCUT2D eigenvalue weighted by Gasteiger charge is -2.04. The fraction of sp³-hybridized carbons (Fsp3) is 0.600. The van der Waals surface area contributed by atoms with Crippen LogP contribution in [-0.4, -0.2) is 21.4 Å². The van der Waals surface area contributed by atoms with E-state index >= 15 is 0 Å². The van der Waals surface area contributed by atoms with Gasteiger partial charge in [-0.05, 0) is 6.92 Å². The van der Waals surface area contributed by atoms with E-state index in [1.165, 1.54) is 0 Å². The smallest absolute Gasteiger partial charge is 0.134 e. The number of carbonyl (C=O) groups excluding carboxylic acids is 1. The first-order valence-corrected chi connectivity index (χ1v) is 4.83. The van der Waals surface area contributed by atoms with E-state index in [9.17, 15) is 4.79 Å². The highest BCUT2D eigenvalue weighted by atomic mass is 16.1. The summed E-state index contributed by atoms with van der Waals surface area (Å²) in [7, 11) is 1.93. The number of nitrogens with zero attached hydrogens (tertiary/aromatic N) is 2. The molecule has 0 saturated carbocycles. The molecule has 1 aromatic rings. The van der Waals surface area contributed by atoms with Gasteiger partial charge in [0.2, 0.25) is 0 Å². The third kappa shape index (κ3) is 3.30. The van der Waals surface area contributed by atoms with Crippen LogP contribution in [0.5, 0.6) is 0 Å². The van der Waals surface area contributed by atoms with Crippen LogP contribution in [0.15, 0.2) is 12.4 Å². The summed E-state index contributed by atoms with van der Waals surface area (Å²) in [5, 5.41) is 0. The van der Waals surface area contributed by atoms with Crippen LogP contribution in [0.2, 0.25) is 0 Å². The average Bonchev–Trinajstić information content (AvgIpc) is 2.46. The maximum absolute atomic E-state index is 11.3. The van der Waals surface area contributed by atoms with Gasteiger partial charge >= 0.3 is 0 Å². The van der Waals surface area contributed by atoms with Crippen LogP contribution in [0.1, 0.15) is 25.6 Å². The van der Waals surface area contributed by atoms with Gasteiger partial charge in [0.1, 0.15) is 11.6 Å². The van der Waals surface area contributed by atoms with E-state index in [1.807, 2.05) is 24.7 Å². The molecule has 4 heteroatoms. The van der Waals surface area contributed by atoms with E-state index in [1.54, 1.807) is 6.20 Å². The van der Waals surface area contributed by atoms with Crippen molar-refractivity contribution in [3.8, 4) is 0 Å². The SMILES string of the molecule is CC(N)CC(=O)CCc1nccn1C. The summed E-state index contributed by atoms with van der Waals surface area (Å²) in [5.41, 5.74) is 5.53. The summed E-state index contributed by atoms with van der Waals surface area (Å²) in [5.74, 6) is 1.16. The zero-order valence-electron chi connectivity index (χ0n) is 8.73. The van der Waals surface area contributed by atoms with Crippen molar-refractivity contribution in [3.05, 3.63) is 18.2 Å². The van der Waals surface area contributed by atoms with E-state index in [4.69, 9.17) is 5.73 Å². The predicted molar refractivity (Wildman–Crippen MR) is 54.8 cm³/mol. The zero-order chi connectivity index (χ0) is 10.6. The van der Waals surface area contributed by atoms with Crippen molar-refractivity contribution in [2.75, 3.05) is 0 Å². The second-order valence-electron chi connectivity index (χ2n) is 3.67. The molecular weight excluding hydrogens is 178 g/mol. The number of aryl methyl sites for hydroxylation is 2. The Hall–Kier alpha value is -1.16. The van der Waals surface area contributed by atoms with Crippen molar-refractivity contribution in [2.45, 2.75) is 32.2 Å². The maximum atomic E-state index is 11.3. The second-order valence-corrected chi connectivity index (χ2v) is 3.67. The highest BCUT2D eigenvalue weighted by Crippen LogP contribution is 2.02. The summed E-state index contributed by atoms with van der Waals surface area (Å²) >= 11 is 0. The van der Waals surface area contributed by atoms with Gasteiger partial charge in [0.15, 0.2) is 0 Å². The number of nitrogens with two attached hydrogens (primary N) is 1. The van der Waals surface area contributed by atoms with Crippen molar-refractivity contribution < 1.29 is 4.79 Å². The quantitative estimate of drug-likeness (QED) is 0.750. The van der Waals surface area contributed by atoms with Crippen molar-refractivity contribution in [1.82, 2.24) is 9.55 Å². The number of hydrogen-bond donors (Lipinski definition) is 1. The van der Waals surface area contributed by atoms with Gasteiger partial charge in [-0.15, -0.1) is 0 Å². The Balaban J connectivity index is 2.34. The minimum absolute atomic E-state index is 0.0381. The summed E-state index contributed by atoms with van der Waals surface area (Å²) < 4.78 is 1.93. The predicted octanol–water partition coefficient (Wildman–Crippen LogP) is 0.659. The van der Waals surface area contributed by atoms with Crippen LogP contribution in [-0.2, 0) is 18.3 Å². The molecule has 1 rings (SSSR count). The summed E-state index contributed by atoms with van der Waals surface area (Å²) in [4.78, 5) is 15.5. The minimum atomic E-state index is -0.0381. The van der Waals surface area contributed by atoms with Crippen LogP contribution in [0.4, 0.5) is 0 Å². The molecule has 78 valence electrons. The standard InChI is InChI=1S/C10H17N3O/c1-8(11)7-9(14)3-4-10-12-5-6-13(10)2/h5-6,8H,3-4,7,11H2,1-2H3. The van der Waals surface area contributed by atoms with E-state index in [2.05, 4.69) is 4.98 Å². The Morgan fingerprint density at radius 2 is 2.43 bits per heavy atom. The largest absolute Gasteiger partial charge is 0.338 e. The van der Waals surface area contributed by atoms with Gasteiger partial charge < -0.3 is 10.3 Å². The normalized spacial score (nSPS) is 12.8. The highest BCUT2D eigenvalue weighted by Gasteiger charge is 2.07. The van der Waals surface area contributed by atoms with Crippen LogP contribution < -0.4 is 5.73 Å².